The van der Waals surface area contributed by atoms with Gasteiger partial charge in [0, 0.05) is 6.66 Å². The SMILES string of the molecule is CNC(COP(C)(=O)[O-])COP(=O)([O-])O. The summed E-state index contributed by atoms with van der Waals surface area (Å²) in [6, 6.07) is -0.651. The summed E-state index contributed by atoms with van der Waals surface area (Å²) in [7, 11) is -7.17. The molecule has 0 aromatic rings. The molecule has 0 amide bonds. The molecule has 0 rings (SSSR count). The van der Waals surface area contributed by atoms with E-state index in [1.807, 2.05) is 0 Å². The van der Waals surface area contributed by atoms with E-state index >= 15 is 0 Å². The number of phosphoric ester groups is 1. The lowest BCUT2D eigenvalue weighted by atomic mass is 10.3. The third-order valence-electron chi connectivity index (χ3n) is 1.36. The molecule has 0 aliphatic heterocycles. The smallest absolute Gasteiger partial charge is 0.265 e. The number of rotatable bonds is 7. The van der Waals surface area contributed by atoms with Gasteiger partial charge in [-0.1, -0.05) is 0 Å². The van der Waals surface area contributed by atoms with E-state index in [2.05, 4.69) is 14.4 Å². The minimum Gasteiger partial charge on any atom is -0.779 e. The molecule has 2 N–H and O–H groups in total. The van der Waals surface area contributed by atoms with Crippen LogP contribution in [-0.2, 0) is 18.2 Å². The summed E-state index contributed by atoms with van der Waals surface area (Å²) in [5, 5.41) is 2.57. The predicted octanol–water partition coefficient (Wildman–Crippen LogP) is -1.75. The topological polar surface area (TPSA) is 131 Å². The number of hydrogen-bond donors (Lipinski definition) is 2. The second-order valence-corrected chi connectivity index (χ2v) is 5.81. The molecule has 0 heterocycles. The highest BCUT2D eigenvalue weighted by Crippen LogP contribution is 2.32. The van der Waals surface area contributed by atoms with Gasteiger partial charge >= 0.3 is 0 Å². The first kappa shape index (κ1) is 15.2. The Hall–Kier alpha value is 0.220. The van der Waals surface area contributed by atoms with Crippen LogP contribution in [0.1, 0.15) is 0 Å². The highest BCUT2D eigenvalue weighted by molar-refractivity contribution is 7.50. The molecule has 0 aromatic heterocycles. The van der Waals surface area contributed by atoms with Gasteiger partial charge in [0.25, 0.3) is 7.82 Å². The van der Waals surface area contributed by atoms with Crippen molar-refractivity contribution in [2.75, 3.05) is 26.9 Å². The molecule has 10 heteroatoms. The first-order chi connectivity index (χ1) is 6.64. The summed E-state index contributed by atoms with van der Waals surface area (Å²) in [4.78, 5) is 29.1. The van der Waals surface area contributed by atoms with Crippen molar-refractivity contribution in [2.24, 2.45) is 0 Å². The van der Waals surface area contributed by atoms with Gasteiger partial charge in [-0.3, -0.25) is 4.57 Å². The Bertz CT molecular complexity index is 245. The van der Waals surface area contributed by atoms with E-state index < -0.39 is 28.1 Å². The number of nitrogens with one attached hydrogen (secondary N) is 1. The lowest BCUT2D eigenvalue weighted by Crippen LogP contribution is -2.35. The van der Waals surface area contributed by atoms with E-state index in [-0.39, 0.29) is 6.61 Å². The van der Waals surface area contributed by atoms with Crippen molar-refractivity contribution in [3.05, 3.63) is 0 Å². The van der Waals surface area contributed by atoms with Gasteiger partial charge in [0.2, 0.25) is 0 Å². The van der Waals surface area contributed by atoms with Crippen LogP contribution >= 0.6 is 15.4 Å². The van der Waals surface area contributed by atoms with Gasteiger partial charge in [0.05, 0.1) is 19.3 Å². The highest BCUT2D eigenvalue weighted by atomic mass is 31.2. The molecule has 3 atom stereocenters. The summed E-state index contributed by atoms with van der Waals surface area (Å²) in [6.07, 6.45) is 0. The Balaban J connectivity index is 3.95. The van der Waals surface area contributed by atoms with Crippen molar-refractivity contribution < 1.29 is 32.9 Å². The third kappa shape index (κ3) is 10.5. The predicted molar refractivity (Wildman–Crippen MR) is 48.1 cm³/mol. The van der Waals surface area contributed by atoms with Crippen LogP contribution in [0.4, 0.5) is 0 Å². The molecule has 8 nitrogen and oxygen atoms in total. The Morgan fingerprint density at radius 3 is 2.13 bits per heavy atom. The van der Waals surface area contributed by atoms with Crippen LogP contribution in [0.5, 0.6) is 0 Å². The fraction of sp³-hybridized carbons (Fsp3) is 1.00. The van der Waals surface area contributed by atoms with Crippen LogP contribution in [0, 0.1) is 0 Å². The normalized spacial score (nSPS) is 21.7. The standard InChI is InChI=1S/C5H15NO7P2/c1-6-5(3-12-14(2,7)8)4-13-15(9,10)11/h5-6H,3-4H2,1-2H3,(H,7,8)(H2,9,10,11)/p-2. The van der Waals surface area contributed by atoms with Gasteiger partial charge in [-0.05, 0) is 7.05 Å². The van der Waals surface area contributed by atoms with Gasteiger partial charge in [0.1, 0.15) is 7.60 Å². The highest BCUT2D eigenvalue weighted by Gasteiger charge is 2.12. The summed E-state index contributed by atoms with van der Waals surface area (Å²) in [5.74, 6) is 0. The number of phosphoric acid groups is 1. The summed E-state index contributed by atoms with van der Waals surface area (Å²) < 4.78 is 29.4. The summed E-state index contributed by atoms with van der Waals surface area (Å²) in [5.41, 5.74) is 0. The van der Waals surface area contributed by atoms with Crippen LogP contribution in [0.15, 0.2) is 0 Å². The molecule has 0 saturated heterocycles. The van der Waals surface area contributed by atoms with E-state index in [9.17, 15) is 18.9 Å². The molecule has 0 saturated carbocycles. The Kier molecular flexibility index (Phi) is 6.17. The summed E-state index contributed by atoms with van der Waals surface area (Å²) in [6.45, 7) is 0.215. The average Bonchev–Trinajstić information content (AvgIpc) is 2.00. The molecule has 0 radical (unpaired) electrons. The lowest BCUT2D eigenvalue weighted by molar-refractivity contribution is -0.220. The Morgan fingerprint density at radius 2 is 1.80 bits per heavy atom. The molecule has 3 unspecified atom stereocenters. The first-order valence-electron chi connectivity index (χ1n) is 3.93. The second-order valence-electron chi connectivity index (χ2n) is 2.82. The van der Waals surface area contributed by atoms with Crippen LogP contribution in [0.25, 0.3) is 0 Å². The maximum Gasteiger partial charge on any atom is 0.265 e. The molecular formula is C5H13NO7P2-2. The quantitative estimate of drug-likeness (QED) is 0.516. The van der Waals surface area contributed by atoms with Gasteiger partial charge in [-0.25, -0.2) is 0 Å². The van der Waals surface area contributed by atoms with E-state index in [4.69, 9.17) is 4.89 Å². The minimum atomic E-state index is -4.79. The van der Waals surface area contributed by atoms with Gasteiger partial charge < -0.3 is 33.6 Å². The zero-order valence-corrected chi connectivity index (χ0v) is 10.1. The van der Waals surface area contributed by atoms with Crippen molar-refractivity contribution in [3.8, 4) is 0 Å². The van der Waals surface area contributed by atoms with Crippen LogP contribution in [0.3, 0.4) is 0 Å². The van der Waals surface area contributed by atoms with Gasteiger partial charge in [0.15, 0.2) is 0 Å². The van der Waals surface area contributed by atoms with E-state index in [1.165, 1.54) is 7.05 Å². The molecule has 0 aliphatic carbocycles. The van der Waals surface area contributed by atoms with E-state index in [1.54, 1.807) is 0 Å². The minimum absolute atomic E-state index is 0.270. The molecule has 15 heavy (non-hydrogen) atoms. The molecule has 0 aliphatic rings. The van der Waals surface area contributed by atoms with Crippen molar-refractivity contribution in [2.45, 2.75) is 6.04 Å². The van der Waals surface area contributed by atoms with Crippen LogP contribution in [-0.4, -0.2) is 37.9 Å². The fourth-order valence-electron chi connectivity index (χ4n) is 0.624. The van der Waals surface area contributed by atoms with Crippen molar-refractivity contribution in [1.82, 2.24) is 5.32 Å². The van der Waals surface area contributed by atoms with Gasteiger partial charge in [-0.2, -0.15) is 0 Å². The maximum absolute atomic E-state index is 10.6. The molecule has 0 bridgehead atoms. The molecule has 0 aromatic carbocycles. The Labute approximate surface area is 87.4 Å². The molecule has 92 valence electrons. The molecule has 0 fully saturated rings. The van der Waals surface area contributed by atoms with E-state index in [0.29, 0.717) is 0 Å². The average molecular weight is 261 g/mol. The van der Waals surface area contributed by atoms with Gasteiger partial charge in [-0.15, -0.1) is 0 Å². The second kappa shape index (κ2) is 6.08. The first-order valence-corrected chi connectivity index (χ1v) is 7.41. The van der Waals surface area contributed by atoms with Crippen molar-refractivity contribution in [1.29, 1.82) is 0 Å². The summed E-state index contributed by atoms with van der Waals surface area (Å²) >= 11 is 0. The Morgan fingerprint density at radius 1 is 1.33 bits per heavy atom. The van der Waals surface area contributed by atoms with Crippen LogP contribution in [0.2, 0.25) is 0 Å². The largest absolute Gasteiger partial charge is 0.779 e. The van der Waals surface area contributed by atoms with Crippen LogP contribution < -0.4 is 15.1 Å². The maximum atomic E-state index is 10.6. The number of hydrogen-bond acceptors (Lipinski definition) is 7. The monoisotopic (exact) mass is 261 g/mol. The lowest BCUT2D eigenvalue weighted by Gasteiger charge is -2.24. The zero-order chi connectivity index (χ0) is 12.1. The number of likely N-dealkylation sites (N-methyl/N-ethyl adjacent to an activating group) is 1. The zero-order valence-electron chi connectivity index (χ0n) is 8.28. The van der Waals surface area contributed by atoms with Crippen molar-refractivity contribution >= 4 is 15.4 Å². The third-order valence-corrected chi connectivity index (χ3v) is 2.45. The fourth-order valence-corrected chi connectivity index (χ4v) is 1.44. The molecule has 0 spiro atoms. The van der Waals surface area contributed by atoms with E-state index in [0.717, 1.165) is 6.66 Å². The van der Waals surface area contributed by atoms with Crippen molar-refractivity contribution in [3.63, 3.8) is 0 Å². The molecular weight excluding hydrogens is 248 g/mol.